The molecule has 1 N–H and O–H groups in total. The van der Waals surface area contributed by atoms with Crippen LogP contribution in [0.1, 0.15) is 23.9 Å². The van der Waals surface area contributed by atoms with Gasteiger partial charge in [0.1, 0.15) is 18.8 Å². The van der Waals surface area contributed by atoms with Crippen molar-refractivity contribution in [3.63, 3.8) is 0 Å². The Morgan fingerprint density at radius 2 is 1.89 bits per heavy atom. The molecule has 0 aliphatic carbocycles. The highest BCUT2D eigenvalue weighted by molar-refractivity contribution is 7.71. The largest absolute Gasteiger partial charge is 0.493 e. The van der Waals surface area contributed by atoms with Crippen molar-refractivity contribution < 1.29 is 23.9 Å². The van der Waals surface area contributed by atoms with Crippen LogP contribution in [-0.2, 0) is 36.2 Å². The first-order chi connectivity index (χ1) is 13.3. The van der Waals surface area contributed by atoms with Crippen LogP contribution in [0.3, 0.4) is 0 Å². The fourth-order valence-corrected chi connectivity index (χ4v) is 3.19. The van der Waals surface area contributed by atoms with Crippen LogP contribution in [0, 0.1) is 11.7 Å². The Hall–Kier alpha value is -2.39. The summed E-state index contributed by atoms with van der Waals surface area (Å²) in [6.07, 6.45) is 0.106. The topological polar surface area (TPSA) is 71.9 Å². The summed E-state index contributed by atoms with van der Waals surface area (Å²) < 4.78 is 19.8. The third-order valence-corrected chi connectivity index (χ3v) is 4.98. The van der Waals surface area contributed by atoms with Gasteiger partial charge >= 0.3 is 5.97 Å². The van der Waals surface area contributed by atoms with E-state index in [1.807, 2.05) is 19.2 Å². The fourth-order valence-electron chi connectivity index (χ4n) is 2.98. The van der Waals surface area contributed by atoms with Crippen molar-refractivity contribution in [3.05, 3.63) is 33.9 Å². The Balaban J connectivity index is 2.14. The van der Waals surface area contributed by atoms with Crippen LogP contribution in [0.4, 0.5) is 0 Å². The molecule has 0 aliphatic heterocycles. The number of benzene rings is 1. The minimum absolute atomic E-state index is 0.106. The molecule has 1 unspecified atom stereocenters. The predicted octanol–water partition coefficient (Wildman–Crippen LogP) is 1.05. The summed E-state index contributed by atoms with van der Waals surface area (Å²) in [5.74, 6) is 1.72. The Kier molecular flexibility index (Phi) is 7.59. The molecule has 0 fully saturated rings. The number of hydrogen-bond donors (Lipinski definition) is 1. The molecule has 8 nitrogen and oxygen atoms in total. The molecule has 9 heteroatoms. The fraction of sp³-hybridized carbons (Fsp3) is 0.526. The molecule has 1 atom stereocenters. The number of esters is 1. The number of hydrogen-bond acceptors (Lipinski definition) is 6. The number of nitrogens with zero attached hydrogens (tertiary/aromatic N) is 3. The Morgan fingerprint density at radius 3 is 2.50 bits per heavy atom. The lowest BCUT2D eigenvalue weighted by molar-refractivity contribution is -0.917. The molecule has 0 aliphatic rings. The molecular weight excluding hydrogens is 380 g/mol. The number of aryl methyl sites for hydroxylation is 1. The van der Waals surface area contributed by atoms with Gasteiger partial charge < -0.3 is 23.7 Å². The van der Waals surface area contributed by atoms with Crippen LogP contribution in [0.25, 0.3) is 0 Å². The highest BCUT2D eigenvalue weighted by atomic mass is 32.1. The highest BCUT2D eigenvalue weighted by Crippen LogP contribution is 2.29. The van der Waals surface area contributed by atoms with Gasteiger partial charge in [-0.3, -0.25) is 4.79 Å². The van der Waals surface area contributed by atoms with Crippen molar-refractivity contribution in [1.29, 1.82) is 0 Å². The number of carbonyl (C=O) groups is 1. The van der Waals surface area contributed by atoms with Crippen molar-refractivity contribution >= 4 is 18.2 Å². The third-order valence-electron chi connectivity index (χ3n) is 4.49. The van der Waals surface area contributed by atoms with Crippen molar-refractivity contribution in [2.75, 3.05) is 27.9 Å². The van der Waals surface area contributed by atoms with Crippen LogP contribution < -0.4 is 14.4 Å². The quantitative estimate of drug-likeness (QED) is 0.493. The van der Waals surface area contributed by atoms with E-state index >= 15 is 0 Å². The van der Waals surface area contributed by atoms with Gasteiger partial charge in [-0.1, -0.05) is 0 Å². The van der Waals surface area contributed by atoms with Gasteiger partial charge in [0.15, 0.2) is 18.2 Å². The van der Waals surface area contributed by atoms with Crippen LogP contribution in [0.2, 0.25) is 0 Å². The maximum atomic E-state index is 11.8. The lowest BCUT2D eigenvalue weighted by Crippen LogP contribution is -3.07. The molecule has 1 aromatic heterocycles. The van der Waals surface area contributed by atoms with E-state index in [-0.39, 0.29) is 12.4 Å². The Labute approximate surface area is 170 Å². The molecule has 1 aromatic carbocycles. The summed E-state index contributed by atoms with van der Waals surface area (Å²) >= 11 is 5.47. The SMILES string of the molecule is CCOC(=O)Cc1nn(C[NH+](C)Cc2cc(OC)c(OC)cc2C)c(=S)n1C. The van der Waals surface area contributed by atoms with Gasteiger partial charge in [-0.2, -0.15) is 9.78 Å². The summed E-state index contributed by atoms with van der Waals surface area (Å²) in [4.78, 5) is 12.9. The number of nitrogens with one attached hydrogen (secondary N) is 1. The Morgan fingerprint density at radius 1 is 1.25 bits per heavy atom. The van der Waals surface area contributed by atoms with E-state index in [4.69, 9.17) is 26.4 Å². The third kappa shape index (κ3) is 5.11. The van der Waals surface area contributed by atoms with E-state index in [1.165, 1.54) is 4.90 Å². The number of quaternary nitrogens is 1. The van der Waals surface area contributed by atoms with Crippen molar-refractivity contribution in [1.82, 2.24) is 14.3 Å². The molecule has 0 saturated carbocycles. The van der Waals surface area contributed by atoms with Gasteiger partial charge in [0.05, 0.1) is 27.9 Å². The van der Waals surface area contributed by atoms with Gasteiger partial charge in [-0.15, -0.1) is 0 Å². The summed E-state index contributed by atoms with van der Waals surface area (Å²) in [7, 11) is 7.14. The normalized spacial score (nSPS) is 11.9. The molecule has 154 valence electrons. The van der Waals surface area contributed by atoms with Gasteiger partial charge in [0.25, 0.3) is 0 Å². The number of aromatic nitrogens is 3. The average Bonchev–Trinajstić information content (AvgIpc) is 2.90. The van der Waals surface area contributed by atoms with Crippen molar-refractivity contribution in [3.8, 4) is 11.5 Å². The standard InChI is InChI=1S/C19H28N4O4S/c1-7-27-18(24)10-17-20-23(19(28)22(17)4)12-21(3)11-14-9-16(26-6)15(25-5)8-13(14)2/h8-9H,7,10-12H2,1-6H3/p+1. The summed E-state index contributed by atoms with van der Waals surface area (Å²) in [5.41, 5.74) is 2.29. The Bertz CT molecular complexity index is 891. The molecule has 2 aromatic rings. The smallest absolute Gasteiger partial charge is 0.313 e. The van der Waals surface area contributed by atoms with Gasteiger partial charge in [-0.25, -0.2) is 0 Å². The van der Waals surface area contributed by atoms with Crippen LogP contribution in [0.15, 0.2) is 12.1 Å². The van der Waals surface area contributed by atoms with E-state index in [1.54, 1.807) is 30.4 Å². The second-order valence-corrected chi connectivity index (χ2v) is 7.03. The first-order valence-electron chi connectivity index (χ1n) is 9.11. The molecule has 0 radical (unpaired) electrons. The molecule has 2 rings (SSSR count). The van der Waals surface area contributed by atoms with Gasteiger partial charge in [0, 0.05) is 12.6 Å². The van der Waals surface area contributed by atoms with E-state index in [9.17, 15) is 4.79 Å². The highest BCUT2D eigenvalue weighted by Gasteiger charge is 2.16. The second kappa shape index (κ2) is 9.70. The summed E-state index contributed by atoms with van der Waals surface area (Å²) in [6.45, 7) is 5.51. The van der Waals surface area contributed by atoms with Crippen LogP contribution >= 0.6 is 12.2 Å². The first-order valence-corrected chi connectivity index (χ1v) is 9.52. The minimum atomic E-state index is -0.306. The zero-order valence-corrected chi connectivity index (χ0v) is 18.2. The summed E-state index contributed by atoms with van der Waals surface area (Å²) in [6, 6.07) is 3.98. The number of methoxy groups -OCH3 is 2. The molecule has 0 amide bonds. The van der Waals surface area contributed by atoms with Crippen LogP contribution in [0.5, 0.6) is 11.5 Å². The lowest BCUT2D eigenvalue weighted by atomic mass is 10.1. The van der Waals surface area contributed by atoms with Crippen LogP contribution in [-0.4, -0.2) is 48.2 Å². The number of carbonyl (C=O) groups excluding carboxylic acids is 1. The molecule has 28 heavy (non-hydrogen) atoms. The molecule has 0 spiro atoms. The number of ether oxygens (including phenoxy) is 3. The summed E-state index contributed by atoms with van der Waals surface area (Å²) in [5, 5.41) is 4.51. The average molecular weight is 410 g/mol. The minimum Gasteiger partial charge on any atom is -0.493 e. The molecule has 0 bridgehead atoms. The monoisotopic (exact) mass is 409 g/mol. The maximum Gasteiger partial charge on any atom is 0.313 e. The predicted molar refractivity (Wildman–Crippen MR) is 107 cm³/mol. The van der Waals surface area contributed by atoms with E-state index in [2.05, 4.69) is 19.1 Å². The zero-order valence-electron chi connectivity index (χ0n) is 17.4. The van der Waals surface area contributed by atoms with Crippen molar-refractivity contribution in [2.45, 2.75) is 33.5 Å². The number of rotatable bonds is 9. The van der Waals surface area contributed by atoms with Gasteiger partial charge in [-0.05, 0) is 43.8 Å². The van der Waals surface area contributed by atoms with Gasteiger partial charge in [0.2, 0.25) is 4.77 Å². The molecular formula is C19H29N4O4S+. The second-order valence-electron chi connectivity index (χ2n) is 6.66. The maximum absolute atomic E-state index is 11.8. The van der Waals surface area contributed by atoms with Crippen molar-refractivity contribution in [2.24, 2.45) is 7.05 Å². The first kappa shape index (κ1) is 21.9. The molecule has 0 saturated heterocycles. The molecule has 1 heterocycles. The zero-order chi connectivity index (χ0) is 20.8. The van der Waals surface area contributed by atoms with E-state index < -0.39 is 0 Å². The van der Waals surface area contributed by atoms with E-state index in [0.29, 0.717) is 29.6 Å². The lowest BCUT2D eigenvalue weighted by Gasteiger charge is -2.17. The van der Waals surface area contributed by atoms with E-state index in [0.717, 1.165) is 23.4 Å².